The third kappa shape index (κ3) is 6.52. The minimum absolute atomic E-state index is 0.148. The Morgan fingerprint density at radius 3 is 2.14 bits per heavy atom. The van der Waals surface area contributed by atoms with E-state index in [-0.39, 0.29) is 12.5 Å². The lowest BCUT2D eigenvalue weighted by Gasteiger charge is -2.10. The van der Waals surface area contributed by atoms with Crippen LogP contribution in [0.25, 0.3) is 0 Å². The average molecular weight is 397 g/mol. The summed E-state index contributed by atoms with van der Waals surface area (Å²) in [6, 6.07) is 24.0. The van der Waals surface area contributed by atoms with E-state index in [2.05, 4.69) is 10.6 Å². The van der Waals surface area contributed by atoms with Gasteiger partial charge in [0, 0.05) is 16.4 Å². The Labute approximate surface area is 169 Å². The molecule has 0 aliphatic heterocycles. The molecule has 0 saturated carbocycles. The molecule has 0 spiro atoms. The van der Waals surface area contributed by atoms with Crippen LogP contribution in [-0.2, 0) is 4.79 Å². The molecule has 3 aromatic carbocycles. The van der Waals surface area contributed by atoms with E-state index in [0.29, 0.717) is 29.7 Å². The molecular formula is C22H21ClN2O3. The Bertz CT molecular complexity index is 886. The molecule has 5 nitrogen and oxygen atoms in total. The number of para-hydroxylation sites is 1. The first kappa shape index (κ1) is 19.6. The standard InChI is InChI=1S/C22H21ClN2O3/c23-17-5-4-6-19(15-17)24-16-22(26)25-18-9-11-21(12-10-18)28-14-13-27-20-7-2-1-3-8-20/h1-12,15,24H,13-14,16H2,(H,25,26). The third-order valence-electron chi connectivity index (χ3n) is 3.78. The minimum atomic E-state index is -0.148. The fraction of sp³-hybridized carbons (Fsp3) is 0.136. The SMILES string of the molecule is O=C(CNc1cccc(Cl)c1)Nc1ccc(OCCOc2ccccc2)cc1. The molecule has 0 bridgehead atoms. The zero-order valence-electron chi connectivity index (χ0n) is 15.2. The molecule has 0 heterocycles. The number of nitrogens with one attached hydrogen (secondary N) is 2. The van der Waals surface area contributed by atoms with Crippen molar-refractivity contribution in [2.45, 2.75) is 0 Å². The van der Waals surface area contributed by atoms with Gasteiger partial charge in [-0.05, 0) is 54.6 Å². The van der Waals surface area contributed by atoms with Crippen LogP contribution in [0.1, 0.15) is 0 Å². The lowest BCUT2D eigenvalue weighted by molar-refractivity contribution is -0.114. The van der Waals surface area contributed by atoms with Crippen LogP contribution < -0.4 is 20.1 Å². The fourth-order valence-corrected chi connectivity index (χ4v) is 2.65. The van der Waals surface area contributed by atoms with Crippen molar-refractivity contribution in [1.29, 1.82) is 0 Å². The Hall–Kier alpha value is -3.18. The van der Waals surface area contributed by atoms with Crippen molar-refractivity contribution in [3.63, 3.8) is 0 Å². The molecule has 0 unspecified atom stereocenters. The Balaban J connectivity index is 1.38. The topological polar surface area (TPSA) is 59.6 Å². The summed E-state index contributed by atoms with van der Waals surface area (Å²) in [6.45, 7) is 1.04. The number of carbonyl (C=O) groups is 1. The predicted molar refractivity (Wildman–Crippen MR) is 112 cm³/mol. The molecule has 0 aliphatic rings. The lowest BCUT2D eigenvalue weighted by atomic mass is 10.3. The van der Waals surface area contributed by atoms with Gasteiger partial charge in [-0.15, -0.1) is 0 Å². The van der Waals surface area contributed by atoms with Crippen molar-refractivity contribution in [2.24, 2.45) is 0 Å². The maximum atomic E-state index is 12.0. The summed E-state index contributed by atoms with van der Waals surface area (Å²) < 4.78 is 11.2. The summed E-state index contributed by atoms with van der Waals surface area (Å²) >= 11 is 5.92. The molecule has 3 aromatic rings. The van der Waals surface area contributed by atoms with Crippen LogP contribution >= 0.6 is 11.6 Å². The van der Waals surface area contributed by atoms with Crippen molar-refractivity contribution in [2.75, 3.05) is 30.4 Å². The smallest absolute Gasteiger partial charge is 0.243 e. The van der Waals surface area contributed by atoms with E-state index in [1.54, 1.807) is 24.3 Å². The van der Waals surface area contributed by atoms with Gasteiger partial charge in [-0.25, -0.2) is 0 Å². The van der Waals surface area contributed by atoms with E-state index in [4.69, 9.17) is 21.1 Å². The molecular weight excluding hydrogens is 376 g/mol. The van der Waals surface area contributed by atoms with Gasteiger partial charge in [0.05, 0.1) is 6.54 Å². The highest BCUT2D eigenvalue weighted by atomic mass is 35.5. The second kappa shape index (κ2) is 10.2. The highest BCUT2D eigenvalue weighted by Crippen LogP contribution is 2.17. The normalized spacial score (nSPS) is 10.2. The number of anilines is 2. The van der Waals surface area contributed by atoms with Crippen molar-refractivity contribution in [1.82, 2.24) is 0 Å². The first-order chi connectivity index (χ1) is 13.7. The molecule has 3 rings (SSSR count). The van der Waals surface area contributed by atoms with Crippen LogP contribution in [0.5, 0.6) is 11.5 Å². The van der Waals surface area contributed by atoms with Crippen molar-refractivity contribution in [3.05, 3.63) is 83.9 Å². The Kier molecular flexibility index (Phi) is 7.15. The molecule has 0 aliphatic carbocycles. The van der Waals surface area contributed by atoms with Crippen LogP contribution in [0.2, 0.25) is 5.02 Å². The van der Waals surface area contributed by atoms with Crippen molar-refractivity contribution >= 4 is 28.9 Å². The van der Waals surface area contributed by atoms with Gasteiger partial charge < -0.3 is 20.1 Å². The summed E-state index contributed by atoms with van der Waals surface area (Å²) in [7, 11) is 0. The second-order valence-corrected chi connectivity index (χ2v) is 6.38. The number of benzene rings is 3. The molecule has 0 saturated heterocycles. The fourth-order valence-electron chi connectivity index (χ4n) is 2.46. The van der Waals surface area contributed by atoms with Crippen LogP contribution in [-0.4, -0.2) is 25.7 Å². The number of amides is 1. The van der Waals surface area contributed by atoms with Gasteiger partial charge in [0.2, 0.25) is 5.91 Å². The van der Waals surface area contributed by atoms with E-state index < -0.39 is 0 Å². The monoisotopic (exact) mass is 396 g/mol. The largest absolute Gasteiger partial charge is 0.490 e. The third-order valence-corrected chi connectivity index (χ3v) is 4.01. The summed E-state index contributed by atoms with van der Waals surface area (Å²) in [5.74, 6) is 1.38. The van der Waals surface area contributed by atoms with Crippen molar-refractivity contribution in [3.8, 4) is 11.5 Å². The van der Waals surface area contributed by atoms with E-state index in [9.17, 15) is 4.79 Å². The van der Waals surface area contributed by atoms with Gasteiger partial charge in [0.25, 0.3) is 0 Å². The quantitative estimate of drug-likeness (QED) is 0.508. The average Bonchev–Trinajstić information content (AvgIpc) is 2.72. The zero-order valence-corrected chi connectivity index (χ0v) is 16.0. The van der Waals surface area contributed by atoms with E-state index >= 15 is 0 Å². The predicted octanol–water partition coefficient (Wildman–Crippen LogP) is 4.85. The van der Waals surface area contributed by atoms with Crippen LogP contribution in [0, 0.1) is 0 Å². The van der Waals surface area contributed by atoms with Gasteiger partial charge in [0.1, 0.15) is 24.7 Å². The summed E-state index contributed by atoms with van der Waals surface area (Å²) in [4.78, 5) is 12.0. The Morgan fingerprint density at radius 2 is 1.46 bits per heavy atom. The van der Waals surface area contributed by atoms with Gasteiger partial charge >= 0.3 is 0 Å². The second-order valence-electron chi connectivity index (χ2n) is 5.95. The molecule has 1 amide bonds. The number of ether oxygens (including phenoxy) is 2. The zero-order chi connectivity index (χ0) is 19.6. The first-order valence-electron chi connectivity index (χ1n) is 8.89. The van der Waals surface area contributed by atoms with E-state index in [1.807, 2.05) is 54.6 Å². The Morgan fingerprint density at radius 1 is 0.786 bits per heavy atom. The lowest BCUT2D eigenvalue weighted by Crippen LogP contribution is -2.21. The summed E-state index contributed by atoms with van der Waals surface area (Å²) in [6.07, 6.45) is 0. The van der Waals surface area contributed by atoms with Crippen LogP contribution in [0.3, 0.4) is 0 Å². The highest BCUT2D eigenvalue weighted by molar-refractivity contribution is 6.30. The minimum Gasteiger partial charge on any atom is -0.490 e. The van der Waals surface area contributed by atoms with Crippen LogP contribution in [0.4, 0.5) is 11.4 Å². The van der Waals surface area contributed by atoms with Gasteiger partial charge in [-0.3, -0.25) is 4.79 Å². The number of hydrogen-bond donors (Lipinski definition) is 2. The number of halogens is 1. The van der Waals surface area contributed by atoms with Gasteiger partial charge in [-0.1, -0.05) is 35.9 Å². The molecule has 28 heavy (non-hydrogen) atoms. The molecule has 6 heteroatoms. The number of rotatable bonds is 9. The molecule has 144 valence electrons. The van der Waals surface area contributed by atoms with Crippen LogP contribution in [0.15, 0.2) is 78.9 Å². The highest BCUT2D eigenvalue weighted by Gasteiger charge is 2.03. The maximum Gasteiger partial charge on any atom is 0.243 e. The molecule has 0 atom stereocenters. The summed E-state index contributed by atoms with van der Waals surface area (Å²) in [5, 5.41) is 6.48. The molecule has 2 N–H and O–H groups in total. The van der Waals surface area contributed by atoms with Crippen molar-refractivity contribution < 1.29 is 14.3 Å². The molecule has 0 aromatic heterocycles. The van der Waals surface area contributed by atoms with Gasteiger partial charge in [-0.2, -0.15) is 0 Å². The first-order valence-corrected chi connectivity index (χ1v) is 9.27. The summed E-state index contributed by atoms with van der Waals surface area (Å²) in [5.41, 5.74) is 1.50. The molecule has 0 fully saturated rings. The molecule has 0 radical (unpaired) electrons. The van der Waals surface area contributed by atoms with E-state index in [0.717, 1.165) is 11.4 Å². The number of hydrogen-bond acceptors (Lipinski definition) is 4. The van der Waals surface area contributed by atoms with E-state index in [1.165, 1.54) is 0 Å². The number of carbonyl (C=O) groups excluding carboxylic acids is 1. The van der Waals surface area contributed by atoms with Gasteiger partial charge in [0.15, 0.2) is 0 Å². The maximum absolute atomic E-state index is 12.0.